The van der Waals surface area contributed by atoms with Crippen molar-refractivity contribution >= 4 is 29.6 Å². The van der Waals surface area contributed by atoms with Gasteiger partial charge in [0.05, 0.1) is 11.4 Å². The van der Waals surface area contributed by atoms with E-state index in [1.54, 1.807) is 0 Å². The van der Waals surface area contributed by atoms with Crippen LogP contribution in [-0.4, -0.2) is 24.0 Å². The van der Waals surface area contributed by atoms with Crippen molar-refractivity contribution < 1.29 is 4.79 Å². The van der Waals surface area contributed by atoms with Gasteiger partial charge in [-0.05, 0) is 36.1 Å². The van der Waals surface area contributed by atoms with Gasteiger partial charge in [0.15, 0.2) is 0 Å². The molecule has 3 nitrogen and oxygen atoms in total. The molecule has 2 aliphatic heterocycles. The smallest absolute Gasteiger partial charge is 0.324 e. The molecule has 0 bridgehead atoms. The highest BCUT2D eigenvalue weighted by atomic mass is 16.2. The molecule has 2 aromatic rings. The molecule has 2 heterocycles. The fraction of sp³-hybridized carbons (Fsp3) is 0.286. The van der Waals surface area contributed by atoms with Gasteiger partial charge in [-0.3, -0.25) is 4.90 Å². The van der Waals surface area contributed by atoms with Crippen LogP contribution in [0, 0.1) is 0 Å². The molecule has 0 radical (unpaired) electrons. The maximum absolute atomic E-state index is 13.4. The van der Waals surface area contributed by atoms with Gasteiger partial charge in [-0.25, -0.2) is 4.79 Å². The predicted octanol–water partition coefficient (Wildman–Crippen LogP) is 5.30. The third kappa shape index (κ3) is 2.71. The topological polar surface area (TPSA) is 23.6 Å². The van der Waals surface area contributed by atoms with E-state index in [1.165, 1.54) is 12.8 Å². The Morgan fingerprint density at radius 1 is 0.708 bits per heavy atom. The number of hydrogen-bond acceptors (Lipinski definition) is 1. The Hall–Kier alpha value is -2.55. The number of carbonyl (C=O) groups is 1. The van der Waals surface area contributed by atoms with Crippen molar-refractivity contribution in [3.8, 4) is 0 Å². The Morgan fingerprint density at radius 3 is 1.75 bits per heavy atom. The first kappa shape index (κ1) is 15.0. The van der Waals surface area contributed by atoms with Gasteiger partial charge in [0, 0.05) is 13.1 Å². The minimum Gasteiger partial charge on any atom is -0.324 e. The van der Waals surface area contributed by atoms with E-state index in [2.05, 4.69) is 24.3 Å². The van der Waals surface area contributed by atoms with Gasteiger partial charge < -0.3 is 4.90 Å². The summed E-state index contributed by atoms with van der Waals surface area (Å²) in [6, 6.07) is 16.4. The van der Waals surface area contributed by atoms with E-state index in [0.29, 0.717) is 0 Å². The van der Waals surface area contributed by atoms with Crippen LogP contribution in [0.25, 0.3) is 12.2 Å². The summed E-state index contributed by atoms with van der Waals surface area (Å²) in [5.41, 5.74) is 4.09. The zero-order valence-electron chi connectivity index (χ0n) is 13.8. The number of carbonyl (C=O) groups excluding carboxylic acids is 1. The monoisotopic (exact) mass is 318 g/mol. The van der Waals surface area contributed by atoms with Crippen LogP contribution in [0.3, 0.4) is 0 Å². The minimum absolute atomic E-state index is 0.0977. The third-order valence-corrected chi connectivity index (χ3v) is 4.87. The Morgan fingerprint density at radius 2 is 1.21 bits per heavy atom. The molecule has 0 aromatic heterocycles. The number of benzene rings is 2. The molecule has 4 rings (SSSR count). The van der Waals surface area contributed by atoms with Crippen molar-refractivity contribution in [3.63, 3.8) is 0 Å². The lowest BCUT2D eigenvalue weighted by Crippen LogP contribution is -2.41. The van der Waals surface area contributed by atoms with Crippen molar-refractivity contribution in [2.24, 2.45) is 0 Å². The number of anilines is 2. The number of para-hydroxylation sites is 2. The van der Waals surface area contributed by atoms with E-state index < -0.39 is 0 Å². The zero-order chi connectivity index (χ0) is 16.4. The van der Waals surface area contributed by atoms with E-state index >= 15 is 0 Å². The number of nitrogens with zero attached hydrogens (tertiary/aromatic N) is 2. The average Bonchev–Trinajstić information content (AvgIpc) is 2.99. The van der Waals surface area contributed by atoms with Crippen LogP contribution in [0.5, 0.6) is 0 Å². The number of hydrogen-bond donors (Lipinski definition) is 0. The maximum Gasteiger partial charge on any atom is 0.329 e. The van der Waals surface area contributed by atoms with E-state index in [4.69, 9.17) is 0 Å². The van der Waals surface area contributed by atoms with Crippen LogP contribution in [0.1, 0.15) is 36.8 Å². The van der Waals surface area contributed by atoms with Crippen LogP contribution in [-0.2, 0) is 0 Å². The molecule has 2 amide bonds. The van der Waals surface area contributed by atoms with Crippen LogP contribution < -0.4 is 4.90 Å². The molecule has 1 fully saturated rings. The first-order valence-electron chi connectivity index (χ1n) is 8.80. The van der Waals surface area contributed by atoms with Crippen molar-refractivity contribution in [1.29, 1.82) is 0 Å². The summed E-state index contributed by atoms with van der Waals surface area (Å²) in [6.07, 6.45) is 8.84. The van der Waals surface area contributed by atoms with Gasteiger partial charge in [-0.1, -0.05) is 61.4 Å². The Balaban J connectivity index is 1.81. The predicted molar refractivity (Wildman–Crippen MR) is 99.4 cm³/mol. The molecule has 2 aliphatic rings. The van der Waals surface area contributed by atoms with Crippen LogP contribution in [0.4, 0.5) is 16.2 Å². The number of urea groups is 1. The van der Waals surface area contributed by atoms with Gasteiger partial charge in [-0.2, -0.15) is 0 Å². The molecule has 0 aliphatic carbocycles. The van der Waals surface area contributed by atoms with Crippen molar-refractivity contribution in [1.82, 2.24) is 4.90 Å². The van der Waals surface area contributed by atoms with Crippen LogP contribution in [0.2, 0.25) is 0 Å². The van der Waals surface area contributed by atoms with E-state index in [-0.39, 0.29) is 6.03 Å². The first-order chi connectivity index (χ1) is 11.8. The second-order valence-corrected chi connectivity index (χ2v) is 6.47. The highest BCUT2D eigenvalue weighted by Crippen LogP contribution is 2.37. The summed E-state index contributed by atoms with van der Waals surface area (Å²) < 4.78 is 0. The summed E-state index contributed by atoms with van der Waals surface area (Å²) in [7, 11) is 0. The number of amides is 2. The molecular weight excluding hydrogens is 296 g/mol. The quantitative estimate of drug-likeness (QED) is 0.646. The lowest BCUT2D eigenvalue weighted by atomic mass is 10.1. The minimum atomic E-state index is 0.0977. The summed E-state index contributed by atoms with van der Waals surface area (Å²) in [6.45, 7) is 1.71. The molecular formula is C21H22N2O. The second-order valence-electron chi connectivity index (χ2n) is 6.47. The molecule has 0 spiro atoms. The van der Waals surface area contributed by atoms with Gasteiger partial charge in [-0.15, -0.1) is 0 Å². The number of fused-ring (bicyclic) bond motifs is 2. The summed E-state index contributed by atoms with van der Waals surface area (Å²) >= 11 is 0. The first-order valence-corrected chi connectivity index (χ1v) is 8.80. The molecule has 0 N–H and O–H groups in total. The molecule has 0 atom stereocenters. The normalized spacial score (nSPS) is 16.8. The van der Waals surface area contributed by atoms with Gasteiger partial charge >= 0.3 is 6.03 Å². The third-order valence-electron chi connectivity index (χ3n) is 4.87. The highest BCUT2D eigenvalue weighted by molar-refractivity contribution is 6.05. The molecule has 24 heavy (non-hydrogen) atoms. The number of rotatable bonds is 0. The van der Waals surface area contributed by atoms with Gasteiger partial charge in [0.1, 0.15) is 0 Å². The lowest BCUT2D eigenvalue weighted by molar-refractivity contribution is 0.209. The summed E-state index contributed by atoms with van der Waals surface area (Å²) in [5.74, 6) is 0. The van der Waals surface area contributed by atoms with E-state index in [0.717, 1.165) is 48.4 Å². The second kappa shape index (κ2) is 6.52. The van der Waals surface area contributed by atoms with Crippen molar-refractivity contribution in [2.75, 3.05) is 18.0 Å². The maximum atomic E-state index is 13.4. The fourth-order valence-electron chi connectivity index (χ4n) is 3.58. The molecule has 0 unspecified atom stereocenters. The Kier molecular flexibility index (Phi) is 4.08. The lowest BCUT2D eigenvalue weighted by Gasteiger charge is -2.31. The largest absolute Gasteiger partial charge is 0.329 e. The van der Waals surface area contributed by atoms with Gasteiger partial charge in [0.2, 0.25) is 0 Å². The van der Waals surface area contributed by atoms with Crippen LogP contribution in [0.15, 0.2) is 48.5 Å². The van der Waals surface area contributed by atoms with Crippen LogP contribution >= 0.6 is 0 Å². The SMILES string of the molecule is O=C(N1CCCCCC1)N1c2ccccc2C=Cc2ccccc21. The molecule has 0 saturated carbocycles. The molecule has 122 valence electrons. The highest BCUT2D eigenvalue weighted by Gasteiger charge is 2.28. The standard InChI is InChI=1S/C21H22N2O/c24-21(22-15-7-1-2-8-16-22)23-19-11-5-3-9-17(19)13-14-18-10-4-6-12-20(18)23/h3-6,9-14H,1-2,7-8,15-16H2. The van der Waals surface area contributed by atoms with Gasteiger partial charge in [0.25, 0.3) is 0 Å². The Labute approximate surface area is 143 Å². The van der Waals surface area contributed by atoms with Crippen molar-refractivity contribution in [2.45, 2.75) is 25.7 Å². The fourth-order valence-corrected chi connectivity index (χ4v) is 3.58. The number of likely N-dealkylation sites (tertiary alicyclic amines) is 1. The van der Waals surface area contributed by atoms with E-state index in [9.17, 15) is 4.79 Å². The Bertz CT molecular complexity index is 723. The average molecular weight is 318 g/mol. The summed E-state index contributed by atoms with van der Waals surface area (Å²) in [5, 5.41) is 0. The zero-order valence-corrected chi connectivity index (χ0v) is 13.8. The molecule has 2 aromatic carbocycles. The molecule has 1 saturated heterocycles. The summed E-state index contributed by atoms with van der Waals surface area (Å²) in [4.78, 5) is 17.3. The van der Waals surface area contributed by atoms with Crippen molar-refractivity contribution in [3.05, 3.63) is 59.7 Å². The van der Waals surface area contributed by atoms with E-state index in [1.807, 2.05) is 46.2 Å². The molecule has 3 heteroatoms.